The lowest BCUT2D eigenvalue weighted by Crippen LogP contribution is -2.38. The van der Waals surface area contributed by atoms with E-state index >= 15 is 0 Å². The number of piperidine rings is 1. The number of carboxylic acid groups (broad SMARTS) is 1. The number of pyridine rings is 2. The zero-order valence-corrected chi connectivity index (χ0v) is 17.0. The molecule has 1 aliphatic rings. The average molecular weight is 432 g/mol. The highest BCUT2D eigenvalue weighted by molar-refractivity contribution is 5.75. The van der Waals surface area contributed by atoms with E-state index in [4.69, 9.17) is 15.3 Å². The highest BCUT2D eigenvalue weighted by Crippen LogP contribution is 2.31. The monoisotopic (exact) mass is 432 g/mol. The number of rotatable bonds is 4. The molecule has 0 atom stereocenters. The van der Waals surface area contributed by atoms with E-state index in [0.29, 0.717) is 30.1 Å². The van der Waals surface area contributed by atoms with Crippen molar-refractivity contribution in [3.8, 4) is 34.0 Å². The Morgan fingerprint density at radius 2 is 1.91 bits per heavy atom. The molecule has 1 aliphatic heterocycles. The second kappa shape index (κ2) is 8.10. The van der Waals surface area contributed by atoms with E-state index in [1.165, 1.54) is 4.90 Å². The summed E-state index contributed by atoms with van der Waals surface area (Å²) in [4.78, 5) is 20.9. The first-order valence-electron chi connectivity index (χ1n) is 10.1. The molecule has 4 aromatic rings. The van der Waals surface area contributed by atoms with Gasteiger partial charge in [0.25, 0.3) is 5.89 Å². The van der Waals surface area contributed by atoms with Crippen molar-refractivity contribution >= 4 is 11.9 Å². The zero-order chi connectivity index (χ0) is 22.1. The average Bonchev–Trinajstić information content (AvgIpc) is 3.51. The van der Waals surface area contributed by atoms with E-state index in [9.17, 15) is 4.79 Å². The lowest BCUT2D eigenvalue weighted by Gasteiger charge is -2.30. The molecule has 162 valence electrons. The first-order chi connectivity index (χ1) is 15.6. The van der Waals surface area contributed by atoms with Crippen LogP contribution in [0.15, 0.2) is 53.6 Å². The molecule has 1 amide bonds. The van der Waals surface area contributed by atoms with Gasteiger partial charge in [0, 0.05) is 49.0 Å². The number of likely N-dealkylation sites (tertiary alicyclic amines) is 1. The van der Waals surface area contributed by atoms with Crippen molar-refractivity contribution in [2.75, 3.05) is 18.8 Å². The van der Waals surface area contributed by atoms with Gasteiger partial charge in [0.15, 0.2) is 0 Å². The second-order valence-corrected chi connectivity index (χ2v) is 7.52. The third kappa shape index (κ3) is 3.75. The number of anilines is 1. The molecule has 5 heterocycles. The molecule has 0 radical (unpaired) electrons. The Morgan fingerprint density at radius 1 is 1.09 bits per heavy atom. The summed E-state index contributed by atoms with van der Waals surface area (Å²) in [5.74, 6) is 0.895. The summed E-state index contributed by atoms with van der Waals surface area (Å²) < 4.78 is 7.69. The van der Waals surface area contributed by atoms with Gasteiger partial charge in [-0.3, -0.25) is 9.67 Å². The maximum absolute atomic E-state index is 11.1. The van der Waals surface area contributed by atoms with Crippen LogP contribution in [0.1, 0.15) is 18.9 Å². The smallest absolute Gasteiger partial charge is 0.407 e. The third-order valence-corrected chi connectivity index (χ3v) is 5.53. The Bertz CT molecular complexity index is 1240. The molecule has 0 saturated carbocycles. The van der Waals surface area contributed by atoms with Crippen molar-refractivity contribution in [3.63, 3.8) is 0 Å². The zero-order valence-electron chi connectivity index (χ0n) is 17.0. The van der Waals surface area contributed by atoms with Crippen LogP contribution in [0.5, 0.6) is 0 Å². The number of amides is 1. The van der Waals surface area contributed by atoms with Gasteiger partial charge < -0.3 is 20.2 Å². The van der Waals surface area contributed by atoms with Crippen molar-refractivity contribution in [2.24, 2.45) is 0 Å². The quantitative estimate of drug-likeness (QED) is 0.496. The van der Waals surface area contributed by atoms with Crippen LogP contribution in [-0.4, -0.2) is 59.1 Å². The minimum atomic E-state index is -0.877. The molecule has 4 aromatic heterocycles. The SMILES string of the molecule is Nc1ncc(-c2cnn(C3CCN(C(=O)O)CC3)c2)cc1-c1nnc(-c2cccnc2)o1. The summed E-state index contributed by atoms with van der Waals surface area (Å²) >= 11 is 0. The fourth-order valence-corrected chi connectivity index (χ4v) is 3.75. The Kier molecular flexibility index (Phi) is 4.98. The number of hydrogen-bond donors (Lipinski definition) is 2. The Morgan fingerprint density at radius 3 is 2.66 bits per heavy atom. The van der Waals surface area contributed by atoms with Crippen LogP contribution in [0.3, 0.4) is 0 Å². The highest BCUT2D eigenvalue weighted by atomic mass is 16.4. The van der Waals surface area contributed by atoms with Crippen molar-refractivity contribution in [2.45, 2.75) is 18.9 Å². The van der Waals surface area contributed by atoms with Gasteiger partial charge in [-0.2, -0.15) is 5.10 Å². The van der Waals surface area contributed by atoms with Crippen molar-refractivity contribution in [1.82, 2.24) is 34.8 Å². The van der Waals surface area contributed by atoms with Crippen LogP contribution >= 0.6 is 0 Å². The number of nitrogens with two attached hydrogens (primary N) is 1. The summed E-state index contributed by atoms with van der Waals surface area (Å²) in [6, 6.07) is 5.62. The Balaban J connectivity index is 1.38. The first-order valence-corrected chi connectivity index (χ1v) is 10.1. The molecule has 3 N–H and O–H groups in total. The van der Waals surface area contributed by atoms with Crippen LogP contribution < -0.4 is 5.73 Å². The summed E-state index contributed by atoms with van der Waals surface area (Å²) in [6.45, 7) is 0.998. The van der Waals surface area contributed by atoms with Gasteiger partial charge in [-0.25, -0.2) is 9.78 Å². The summed E-state index contributed by atoms with van der Waals surface area (Å²) in [5, 5.41) is 21.8. The molecular weight excluding hydrogens is 412 g/mol. The lowest BCUT2D eigenvalue weighted by molar-refractivity contribution is 0.124. The summed E-state index contributed by atoms with van der Waals surface area (Å²) in [7, 11) is 0. The molecule has 32 heavy (non-hydrogen) atoms. The van der Waals surface area contributed by atoms with Crippen LogP contribution in [-0.2, 0) is 0 Å². The van der Waals surface area contributed by atoms with Crippen LogP contribution in [0.4, 0.5) is 10.6 Å². The fourth-order valence-electron chi connectivity index (χ4n) is 3.75. The lowest BCUT2D eigenvalue weighted by atomic mass is 10.1. The second-order valence-electron chi connectivity index (χ2n) is 7.52. The van der Waals surface area contributed by atoms with E-state index in [0.717, 1.165) is 24.0 Å². The Labute approximate surface area is 182 Å². The van der Waals surface area contributed by atoms with E-state index in [1.54, 1.807) is 30.9 Å². The van der Waals surface area contributed by atoms with E-state index in [-0.39, 0.29) is 17.8 Å². The molecule has 5 rings (SSSR count). The molecule has 0 unspecified atom stereocenters. The fraction of sp³-hybridized carbons (Fsp3) is 0.238. The van der Waals surface area contributed by atoms with Gasteiger partial charge in [0.1, 0.15) is 5.82 Å². The predicted molar refractivity (Wildman–Crippen MR) is 114 cm³/mol. The molecular formula is C21H20N8O3. The van der Waals surface area contributed by atoms with Crippen LogP contribution in [0.25, 0.3) is 34.0 Å². The van der Waals surface area contributed by atoms with Gasteiger partial charge in [0.2, 0.25) is 5.89 Å². The first kappa shape index (κ1) is 19.7. The largest absolute Gasteiger partial charge is 0.465 e. The molecule has 0 bridgehead atoms. The molecule has 1 saturated heterocycles. The maximum atomic E-state index is 11.1. The van der Waals surface area contributed by atoms with Gasteiger partial charge in [0.05, 0.1) is 23.4 Å². The minimum Gasteiger partial charge on any atom is -0.465 e. The molecule has 11 heteroatoms. The van der Waals surface area contributed by atoms with E-state index in [1.807, 2.05) is 23.0 Å². The van der Waals surface area contributed by atoms with E-state index < -0.39 is 6.09 Å². The number of nitrogens with zero attached hydrogens (tertiary/aromatic N) is 7. The number of aromatic nitrogens is 6. The molecule has 0 aliphatic carbocycles. The third-order valence-electron chi connectivity index (χ3n) is 5.53. The highest BCUT2D eigenvalue weighted by Gasteiger charge is 2.24. The van der Waals surface area contributed by atoms with Crippen LogP contribution in [0.2, 0.25) is 0 Å². The number of hydrogen-bond acceptors (Lipinski definition) is 8. The summed E-state index contributed by atoms with van der Waals surface area (Å²) in [5.41, 5.74) is 9.01. The molecule has 1 fully saturated rings. The van der Waals surface area contributed by atoms with Crippen molar-refractivity contribution in [3.05, 3.63) is 49.2 Å². The molecule has 0 aromatic carbocycles. The van der Waals surface area contributed by atoms with E-state index in [2.05, 4.69) is 25.3 Å². The number of carbonyl (C=O) groups is 1. The van der Waals surface area contributed by atoms with Gasteiger partial charge in [-0.1, -0.05) is 0 Å². The summed E-state index contributed by atoms with van der Waals surface area (Å²) in [6.07, 6.45) is 9.24. The van der Waals surface area contributed by atoms with Crippen molar-refractivity contribution < 1.29 is 14.3 Å². The van der Waals surface area contributed by atoms with Crippen LogP contribution in [0, 0.1) is 0 Å². The number of nitrogen functional groups attached to an aromatic ring is 1. The Hall–Kier alpha value is -4.28. The standard InChI is InChI=1S/C21H20N8O3/c22-18-17(20-27-26-19(32-20)13-2-1-5-23-9-13)8-14(10-24-18)15-11-25-29(12-15)16-3-6-28(7-4-16)21(30)31/h1-2,5,8-12,16H,3-4,6-7H2,(H2,22,24)(H,30,31). The predicted octanol–water partition coefficient (Wildman–Crippen LogP) is 2.95. The molecule has 11 nitrogen and oxygen atoms in total. The van der Waals surface area contributed by atoms with Crippen molar-refractivity contribution in [1.29, 1.82) is 0 Å². The minimum absolute atomic E-state index is 0.151. The van der Waals surface area contributed by atoms with Gasteiger partial charge in [-0.05, 0) is 31.0 Å². The maximum Gasteiger partial charge on any atom is 0.407 e. The van der Waals surface area contributed by atoms with Gasteiger partial charge in [-0.15, -0.1) is 10.2 Å². The molecule has 0 spiro atoms. The topological polar surface area (TPSA) is 149 Å². The normalized spacial score (nSPS) is 14.6. The van der Waals surface area contributed by atoms with Gasteiger partial charge >= 0.3 is 6.09 Å².